The van der Waals surface area contributed by atoms with Gasteiger partial charge in [-0.2, -0.15) is 0 Å². The van der Waals surface area contributed by atoms with Crippen molar-refractivity contribution in [3.05, 3.63) is 36.2 Å². The zero-order chi connectivity index (χ0) is 22.6. The number of carbonyl (C=O) groups excluding carboxylic acids is 1. The van der Waals surface area contributed by atoms with Crippen molar-refractivity contribution in [1.29, 1.82) is 0 Å². The molecule has 0 saturated carbocycles. The number of nitrogens with one attached hydrogen (secondary N) is 4. The quantitative estimate of drug-likeness (QED) is 0.201. The Labute approximate surface area is 185 Å². The second-order valence-electron chi connectivity index (χ2n) is 8.52. The number of rotatable bonds is 13. The Bertz CT molecular complexity index is 699. The molecule has 0 aliphatic rings. The zero-order valence-electron chi connectivity index (χ0n) is 19.0. The average Bonchev–Trinajstić information content (AvgIpc) is 2.65. The average molecular weight is 525 g/mol. The van der Waals surface area contributed by atoms with Crippen molar-refractivity contribution in [3.63, 3.8) is 0 Å². The van der Waals surface area contributed by atoms with Crippen LogP contribution in [0.15, 0.2) is 36.2 Å². The van der Waals surface area contributed by atoms with Gasteiger partial charge in [0.2, 0.25) is 0 Å². The minimum absolute atomic E-state index is 0.105. The van der Waals surface area contributed by atoms with Gasteiger partial charge in [0, 0.05) is 0 Å². The molecule has 168 valence electrons. The first-order valence-electron chi connectivity index (χ1n) is 10.7. The molecule has 1 aromatic rings. The van der Waals surface area contributed by atoms with Crippen molar-refractivity contribution in [2.24, 2.45) is 0 Å². The summed E-state index contributed by atoms with van der Waals surface area (Å²) in [4.78, 5) is 29.9. The van der Waals surface area contributed by atoms with Crippen molar-refractivity contribution >= 4 is 39.6 Å². The predicted octanol–water partition coefficient (Wildman–Crippen LogP) is 3.43. The SMILES string of the molecule is CC/C=C(\NCC(=O)O)NC(C)CCCCNC(=O)Nc1cc[c]([Sn]([CH3])([CH3])[CH3])cc1. The third-order valence-corrected chi connectivity index (χ3v) is 10.5. The third-order valence-electron chi connectivity index (χ3n) is 4.60. The molecule has 5 N–H and O–H groups in total. The molecule has 0 aromatic heterocycles. The second-order valence-corrected chi connectivity index (χ2v) is 23.0. The number of urea groups is 1. The van der Waals surface area contributed by atoms with Gasteiger partial charge in [0.15, 0.2) is 0 Å². The van der Waals surface area contributed by atoms with Crippen LogP contribution in [0.25, 0.3) is 0 Å². The number of aliphatic carboxylic acids is 1. The van der Waals surface area contributed by atoms with E-state index in [1.165, 1.54) is 3.58 Å². The van der Waals surface area contributed by atoms with E-state index in [9.17, 15) is 9.59 Å². The molecule has 2 amide bonds. The molecule has 0 spiro atoms. The molecule has 30 heavy (non-hydrogen) atoms. The first kappa shape index (κ1) is 26.1. The van der Waals surface area contributed by atoms with Crippen LogP contribution in [0.5, 0.6) is 0 Å². The molecular formula is C22H38N4O3Sn. The topological polar surface area (TPSA) is 102 Å². The molecule has 0 fully saturated rings. The summed E-state index contributed by atoms with van der Waals surface area (Å²) < 4.78 is 1.44. The number of carboxylic acid groups (broad SMARTS) is 1. The Balaban J connectivity index is 2.25. The summed E-state index contributed by atoms with van der Waals surface area (Å²) in [6.07, 6.45) is 5.54. The Kier molecular flexibility index (Phi) is 11.7. The third kappa shape index (κ3) is 11.3. The summed E-state index contributed by atoms with van der Waals surface area (Å²) in [6, 6.07) is 8.25. The van der Waals surface area contributed by atoms with Gasteiger partial charge in [0.1, 0.15) is 6.54 Å². The molecule has 1 atom stereocenters. The summed E-state index contributed by atoms with van der Waals surface area (Å²) in [5.74, 6) is -0.129. The number of carboxylic acids is 1. The van der Waals surface area contributed by atoms with Crippen LogP contribution in [0.1, 0.15) is 39.5 Å². The van der Waals surface area contributed by atoms with E-state index in [2.05, 4.69) is 55.1 Å². The van der Waals surface area contributed by atoms with E-state index in [1.807, 2.05) is 25.1 Å². The van der Waals surface area contributed by atoms with Gasteiger partial charge in [-0.25, -0.2) is 0 Å². The van der Waals surface area contributed by atoms with Crippen LogP contribution in [0.2, 0.25) is 14.8 Å². The van der Waals surface area contributed by atoms with Gasteiger partial charge >= 0.3 is 126 Å². The van der Waals surface area contributed by atoms with Crippen LogP contribution in [-0.2, 0) is 4.79 Å². The predicted molar refractivity (Wildman–Crippen MR) is 127 cm³/mol. The fraction of sp³-hybridized carbons (Fsp3) is 0.545. The number of benzene rings is 1. The van der Waals surface area contributed by atoms with Gasteiger partial charge in [0.05, 0.1) is 5.82 Å². The summed E-state index contributed by atoms with van der Waals surface area (Å²) in [5, 5.41) is 20.8. The van der Waals surface area contributed by atoms with E-state index in [1.54, 1.807) is 0 Å². The van der Waals surface area contributed by atoms with E-state index in [4.69, 9.17) is 5.11 Å². The number of amides is 2. The van der Waals surface area contributed by atoms with E-state index in [0.717, 1.165) is 37.2 Å². The maximum absolute atomic E-state index is 12.1. The molecule has 1 rings (SSSR count). The Morgan fingerprint density at radius 1 is 1.10 bits per heavy atom. The fourth-order valence-electron chi connectivity index (χ4n) is 2.90. The van der Waals surface area contributed by atoms with Crippen molar-refractivity contribution in [2.75, 3.05) is 18.4 Å². The van der Waals surface area contributed by atoms with E-state index in [0.29, 0.717) is 6.54 Å². The molecule has 0 bridgehead atoms. The maximum atomic E-state index is 12.1. The van der Waals surface area contributed by atoms with Crippen LogP contribution in [-0.4, -0.2) is 54.6 Å². The molecule has 1 unspecified atom stereocenters. The van der Waals surface area contributed by atoms with Crippen LogP contribution in [0.4, 0.5) is 10.5 Å². The van der Waals surface area contributed by atoms with Crippen molar-refractivity contribution in [3.8, 4) is 0 Å². The second kappa shape index (κ2) is 13.4. The van der Waals surface area contributed by atoms with Crippen molar-refractivity contribution < 1.29 is 14.7 Å². The molecule has 0 aliphatic carbocycles. The Morgan fingerprint density at radius 2 is 1.77 bits per heavy atom. The van der Waals surface area contributed by atoms with Gasteiger partial charge in [-0.15, -0.1) is 0 Å². The van der Waals surface area contributed by atoms with Crippen LogP contribution in [0, 0.1) is 0 Å². The van der Waals surface area contributed by atoms with E-state index >= 15 is 0 Å². The van der Waals surface area contributed by atoms with Gasteiger partial charge in [-0.1, -0.05) is 6.92 Å². The molecule has 7 nitrogen and oxygen atoms in total. The first-order valence-corrected chi connectivity index (χ1v) is 20.7. The van der Waals surface area contributed by atoms with Crippen LogP contribution >= 0.6 is 0 Å². The van der Waals surface area contributed by atoms with Crippen molar-refractivity contribution in [2.45, 2.75) is 60.4 Å². The standard InChI is InChI=1S/C19H29N4O3.3CH3.Sn/c1-3-9-17(21-14-18(24)25)22-15(2)10-7-8-13-20-19(26)23-16-11-5-4-6-12-16;;;;/h5-6,9,11-12,15,21-22H,3,7-8,10,13-14H2,1-2H3,(H,24,25)(H2,20,23,26);3*1H3;/b17-9+;;;;. The van der Waals surface area contributed by atoms with Gasteiger partial charge in [-0.3, -0.25) is 4.79 Å². The first-order chi connectivity index (χ1) is 14.1. The van der Waals surface area contributed by atoms with Crippen LogP contribution in [0.3, 0.4) is 0 Å². The van der Waals surface area contributed by atoms with Gasteiger partial charge < -0.3 is 15.7 Å². The number of hydrogen-bond acceptors (Lipinski definition) is 4. The molecular weight excluding hydrogens is 487 g/mol. The summed E-state index contributed by atoms with van der Waals surface area (Å²) >= 11 is -2.05. The molecule has 0 aliphatic heterocycles. The summed E-state index contributed by atoms with van der Waals surface area (Å²) in [5.41, 5.74) is 0.814. The molecule has 0 saturated heterocycles. The number of allylic oxidation sites excluding steroid dienone is 1. The summed E-state index contributed by atoms with van der Waals surface area (Å²) in [6.45, 7) is 4.58. The zero-order valence-corrected chi connectivity index (χ0v) is 21.8. The molecule has 0 heterocycles. The Morgan fingerprint density at radius 3 is 2.33 bits per heavy atom. The molecule has 0 radical (unpaired) electrons. The number of anilines is 1. The van der Waals surface area contributed by atoms with Gasteiger partial charge in [0.25, 0.3) is 0 Å². The van der Waals surface area contributed by atoms with Gasteiger partial charge in [-0.05, 0) is 19.4 Å². The molecule has 8 heteroatoms. The number of hydrogen-bond donors (Lipinski definition) is 5. The number of unbranched alkanes of at least 4 members (excludes halogenated alkanes) is 1. The normalized spacial score (nSPS) is 12.8. The van der Waals surface area contributed by atoms with E-state index in [-0.39, 0.29) is 18.6 Å². The van der Waals surface area contributed by atoms with Crippen molar-refractivity contribution in [1.82, 2.24) is 16.0 Å². The monoisotopic (exact) mass is 526 g/mol. The van der Waals surface area contributed by atoms with E-state index < -0.39 is 24.3 Å². The number of carbonyl (C=O) groups is 2. The molecule has 1 aromatic carbocycles. The Hall–Kier alpha value is -1.90. The fourth-order valence-corrected chi connectivity index (χ4v) is 6.23. The van der Waals surface area contributed by atoms with Crippen LogP contribution < -0.4 is 24.8 Å². The minimum atomic E-state index is -2.05. The summed E-state index contributed by atoms with van der Waals surface area (Å²) in [7, 11) is 0.